The van der Waals surface area contributed by atoms with Gasteiger partial charge >= 0.3 is 0 Å². The minimum absolute atomic E-state index is 0.0864. The Labute approximate surface area is 108 Å². The summed E-state index contributed by atoms with van der Waals surface area (Å²) in [5, 5.41) is 0. The molecular weight excluding hydrogens is 252 g/mol. The molecule has 3 N–H and O–H groups in total. The van der Waals surface area contributed by atoms with Crippen molar-refractivity contribution in [1.82, 2.24) is 0 Å². The Bertz CT molecular complexity index is 460. The largest absolute Gasteiger partial charge is 0.494 e. The molecule has 1 aromatic rings. The van der Waals surface area contributed by atoms with E-state index in [4.69, 9.17) is 10.5 Å². The van der Waals surface area contributed by atoms with Crippen molar-refractivity contribution in [2.45, 2.75) is 19.8 Å². The number of nitrogens with two attached hydrogens (primary N) is 1. The summed E-state index contributed by atoms with van der Waals surface area (Å²) >= 11 is 0. The average Bonchev–Trinajstić information content (AvgIpc) is 2.29. The van der Waals surface area contributed by atoms with Crippen LogP contribution >= 0.6 is 0 Å². The summed E-state index contributed by atoms with van der Waals surface area (Å²) in [5.74, 6) is 0.739. The first-order valence-electron chi connectivity index (χ1n) is 6.01. The predicted molar refractivity (Wildman–Crippen MR) is 73.3 cm³/mol. The van der Waals surface area contributed by atoms with Gasteiger partial charge < -0.3 is 10.5 Å². The SMILES string of the molecule is CCOc1cccc(NS(=O)(=O)CCCCN)c1. The van der Waals surface area contributed by atoms with E-state index in [1.807, 2.05) is 6.92 Å². The van der Waals surface area contributed by atoms with E-state index in [0.717, 1.165) is 0 Å². The molecule has 102 valence electrons. The first kappa shape index (κ1) is 14.8. The van der Waals surface area contributed by atoms with Gasteiger partial charge in [0, 0.05) is 6.07 Å². The summed E-state index contributed by atoms with van der Waals surface area (Å²) in [4.78, 5) is 0. The van der Waals surface area contributed by atoms with Gasteiger partial charge in [0.2, 0.25) is 10.0 Å². The number of anilines is 1. The number of rotatable bonds is 8. The Morgan fingerprint density at radius 3 is 2.78 bits per heavy atom. The minimum Gasteiger partial charge on any atom is -0.494 e. The third-order valence-electron chi connectivity index (χ3n) is 2.29. The maximum Gasteiger partial charge on any atom is 0.232 e. The lowest BCUT2D eigenvalue weighted by atomic mass is 10.3. The topological polar surface area (TPSA) is 81.4 Å². The molecule has 1 rings (SSSR count). The molecule has 18 heavy (non-hydrogen) atoms. The Kier molecular flexibility index (Phi) is 5.94. The van der Waals surface area contributed by atoms with Crippen LogP contribution in [-0.2, 0) is 10.0 Å². The van der Waals surface area contributed by atoms with Crippen LogP contribution in [0.2, 0.25) is 0 Å². The Hall–Kier alpha value is -1.27. The lowest BCUT2D eigenvalue weighted by Gasteiger charge is -2.09. The smallest absolute Gasteiger partial charge is 0.232 e. The zero-order valence-electron chi connectivity index (χ0n) is 10.6. The number of benzene rings is 1. The van der Waals surface area contributed by atoms with Gasteiger partial charge in [0.15, 0.2) is 0 Å². The van der Waals surface area contributed by atoms with Gasteiger partial charge in [-0.15, -0.1) is 0 Å². The predicted octanol–water partition coefficient (Wildman–Crippen LogP) is 1.57. The third-order valence-corrected chi connectivity index (χ3v) is 3.66. The van der Waals surface area contributed by atoms with Crippen LogP contribution in [0.3, 0.4) is 0 Å². The molecule has 5 nitrogen and oxygen atoms in total. The molecule has 0 aromatic heterocycles. The summed E-state index contributed by atoms with van der Waals surface area (Å²) in [6, 6.07) is 6.91. The van der Waals surface area contributed by atoms with E-state index in [1.165, 1.54) is 0 Å². The summed E-state index contributed by atoms with van der Waals surface area (Å²) in [5.41, 5.74) is 5.85. The number of unbranched alkanes of at least 4 members (excludes halogenated alkanes) is 1. The molecule has 0 unspecified atom stereocenters. The fourth-order valence-corrected chi connectivity index (χ4v) is 2.66. The normalized spacial score (nSPS) is 11.2. The molecule has 1 aromatic carbocycles. The van der Waals surface area contributed by atoms with E-state index in [-0.39, 0.29) is 5.75 Å². The fourth-order valence-electron chi connectivity index (χ4n) is 1.48. The van der Waals surface area contributed by atoms with E-state index in [9.17, 15) is 8.42 Å². The molecule has 0 radical (unpaired) electrons. The average molecular weight is 272 g/mol. The van der Waals surface area contributed by atoms with Gasteiger partial charge in [-0.05, 0) is 38.4 Å². The van der Waals surface area contributed by atoms with Gasteiger partial charge in [0.05, 0.1) is 18.0 Å². The van der Waals surface area contributed by atoms with Crippen LogP contribution in [0.5, 0.6) is 5.75 Å². The van der Waals surface area contributed by atoms with Gasteiger partial charge in [-0.1, -0.05) is 6.07 Å². The maximum atomic E-state index is 11.8. The standard InChI is InChI=1S/C12H20N2O3S/c1-2-17-12-7-5-6-11(10-12)14-18(15,16)9-4-3-8-13/h5-7,10,14H,2-4,8-9,13H2,1H3. The molecule has 0 fully saturated rings. The van der Waals surface area contributed by atoms with Crippen molar-refractivity contribution in [1.29, 1.82) is 0 Å². The number of sulfonamides is 1. The van der Waals surface area contributed by atoms with Crippen molar-refractivity contribution < 1.29 is 13.2 Å². The van der Waals surface area contributed by atoms with Crippen LogP contribution in [0, 0.1) is 0 Å². The zero-order valence-corrected chi connectivity index (χ0v) is 11.4. The fraction of sp³-hybridized carbons (Fsp3) is 0.500. The van der Waals surface area contributed by atoms with Crippen molar-refractivity contribution in [3.63, 3.8) is 0 Å². The van der Waals surface area contributed by atoms with Crippen molar-refractivity contribution >= 4 is 15.7 Å². The summed E-state index contributed by atoms with van der Waals surface area (Å²) in [6.07, 6.45) is 1.27. The van der Waals surface area contributed by atoms with E-state index >= 15 is 0 Å². The third kappa shape index (κ3) is 5.37. The molecule has 0 aliphatic rings. The lowest BCUT2D eigenvalue weighted by molar-refractivity contribution is 0.340. The maximum absolute atomic E-state index is 11.8. The molecule has 0 spiro atoms. The molecule has 0 heterocycles. The van der Waals surface area contributed by atoms with Crippen molar-refractivity contribution in [2.24, 2.45) is 5.73 Å². The zero-order chi connectivity index (χ0) is 13.4. The highest BCUT2D eigenvalue weighted by molar-refractivity contribution is 7.92. The van der Waals surface area contributed by atoms with E-state index in [0.29, 0.717) is 37.4 Å². The van der Waals surface area contributed by atoms with Crippen molar-refractivity contribution in [2.75, 3.05) is 23.6 Å². The summed E-state index contributed by atoms with van der Waals surface area (Å²) in [7, 11) is -3.30. The van der Waals surface area contributed by atoms with Crippen molar-refractivity contribution in [3.8, 4) is 5.75 Å². The quantitative estimate of drug-likeness (QED) is 0.704. The Morgan fingerprint density at radius 2 is 2.11 bits per heavy atom. The van der Waals surface area contributed by atoms with Crippen LogP contribution in [0.4, 0.5) is 5.69 Å². The van der Waals surface area contributed by atoms with Crippen LogP contribution in [0.15, 0.2) is 24.3 Å². The summed E-state index contributed by atoms with van der Waals surface area (Å²) < 4.78 is 31.3. The van der Waals surface area contributed by atoms with Gasteiger partial charge in [-0.3, -0.25) is 4.72 Å². The molecule has 0 aliphatic carbocycles. The highest BCUT2D eigenvalue weighted by Gasteiger charge is 2.10. The Morgan fingerprint density at radius 1 is 1.33 bits per heavy atom. The highest BCUT2D eigenvalue weighted by atomic mass is 32.2. The van der Waals surface area contributed by atoms with Gasteiger partial charge in [0.1, 0.15) is 5.75 Å². The monoisotopic (exact) mass is 272 g/mol. The molecule has 0 aliphatic heterocycles. The highest BCUT2D eigenvalue weighted by Crippen LogP contribution is 2.18. The van der Waals surface area contributed by atoms with E-state index < -0.39 is 10.0 Å². The van der Waals surface area contributed by atoms with Gasteiger partial charge in [0.25, 0.3) is 0 Å². The molecule has 0 saturated heterocycles. The molecule has 0 atom stereocenters. The number of ether oxygens (including phenoxy) is 1. The van der Waals surface area contributed by atoms with Crippen molar-refractivity contribution in [3.05, 3.63) is 24.3 Å². The second kappa shape index (κ2) is 7.23. The first-order chi connectivity index (χ1) is 8.57. The molecule has 6 heteroatoms. The number of hydrogen-bond donors (Lipinski definition) is 2. The van der Waals surface area contributed by atoms with Crippen LogP contribution in [0.1, 0.15) is 19.8 Å². The molecule has 0 bridgehead atoms. The molecular formula is C12H20N2O3S. The lowest BCUT2D eigenvalue weighted by Crippen LogP contribution is -2.17. The number of hydrogen-bond acceptors (Lipinski definition) is 4. The van der Waals surface area contributed by atoms with Gasteiger partial charge in [-0.2, -0.15) is 0 Å². The second-order valence-corrected chi connectivity index (χ2v) is 5.72. The number of nitrogens with one attached hydrogen (secondary N) is 1. The second-order valence-electron chi connectivity index (χ2n) is 3.88. The Balaban J connectivity index is 2.62. The molecule has 0 amide bonds. The van der Waals surface area contributed by atoms with Crippen LogP contribution in [0.25, 0.3) is 0 Å². The van der Waals surface area contributed by atoms with Crippen LogP contribution in [-0.4, -0.2) is 27.3 Å². The first-order valence-corrected chi connectivity index (χ1v) is 7.66. The van der Waals surface area contributed by atoms with E-state index in [1.54, 1.807) is 24.3 Å². The summed E-state index contributed by atoms with van der Waals surface area (Å²) in [6.45, 7) is 2.94. The molecule has 0 saturated carbocycles. The minimum atomic E-state index is -3.30. The van der Waals surface area contributed by atoms with E-state index in [2.05, 4.69) is 4.72 Å². The van der Waals surface area contributed by atoms with Gasteiger partial charge in [-0.25, -0.2) is 8.42 Å². The van der Waals surface area contributed by atoms with Crippen LogP contribution < -0.4 is 15.2 Å².